The van der Waals surface area contributed by atoms with Gasteiger partial charge in [-0.3, -0.25) is 0 Å². The number of para-hydroxylation sites is 1. The van der Waals surface area contributed by atoms with Crippen LogP contribution in [0.5, 0.6) is 11.5 Å². The number of aromatic nitrogens is 4. The van der Waals surface area contributed by atoms with Gasteiger partial charge in [0.1, 0.15) is 5.82 Å². The maximum Gasteiger partial charge on any atom is 0.229 e. The lowest BCUT2D eigenvalue weighted by molar-refractivity contribution is 0.356. The molecule has 0 atom stereocenters. The van der Waals surface area contributed by atoms with Crippen molar-refractivity contribution in [1.29, 1.82) is 0 Å². The quantitative estimate of drug-likeness (QED) is 0.356. The molecular weight excluding hydrogens is 416 g/mol. The molecule has 0 aliphatic rings. The number of ether oxygens (including phenoxy) is 2. The van der Waals surface area contributed by atoms with Crippen molar-refractivity contribution < 1.29 is 9.47 Å². The Hall–Kier alpha value is -4.59. The molecule has 0 aliphatic carbocycles. The Morgan fingerprint density at radius 1 is 0.788 bits per heavy atom. The molecule has 2 N–H and O–H groups in total. The van der Waals surface area contributed by atoms with Crippen LogP contribution in [-0.2, 0) is 0 Å². The summed E-state index contributed by atoms with van der Waals surface area (Å²) in [4.78, 5) is 13.6. The first-order valence-corrected chi connectivity index (χ1v) is 10.3. The number of nitrogens with zero attached hydrogens (tertiary/aromatic N) is 4. The molecule has 8 heteroatoms. The van der Waals surface area contributed by atoms with Gasteiger partial charge in [-0.15, -0.1) is 0 Å². The van der Waals surface area contributed by atoms with Crippen LogP contribution in [0.3, 0.4) is 0 Å². The number of methoxy groups -OCH3 is 2. The number of imidazole rings is 1. The fraction of sp³-hybridized carbons (Fsp3) is 0.0800. The third-order valence-corrected chi connectivity index (χ3v) is 5.16. The molecule has 164 valence electrons. The van der Waals surface area contributed by atoms with E-state index in [1.165, 1.54) is 0 Å². The number of nitrogens with one attached hydrogen (secondary N) is 2. The van der Waals surface area contributed by atoms with E-state index >= 15 is 0 Å². The highest BCUT2D eigenvalue weighted by atomic mass is 16.5. The van der Waals surface area contributed by atoms with Crippen LogP contribution in [0.25, 0.3) is 16.6 Å². The minimum Gasteiger partial charge on any atom is -0.493 e. The van der Waals surface area contributed by atoms with E-state index in [1.54, 1.807) is 26.7 Å². The Balaban J connectivity index is 1.54. The molecule has 0 unspecified atom stereocenters. The van der Waals surface area contributed by atoms with Gasteiger partial charge in [-0.25, -0.2) is 9.97 Å². The summed E-state index contributed by atoms with van der Waals surface area (Å²) in [5.74, 6) is 2.33. The molecule has 0 aliphatic heterocycles. The zero-order chi connectivity index (χ0) is 22.6. The highest BCUT2D eigenvalue weighted by molar-refractivity contribution is 5.94. The van der Waals surface area contributed by atoms with Gasteiger partial charge in [-0.1, -0.05) is 18.2 Å². The predicted molar refractivity (Wildman–Crippen MR) is 129 cm³/mol. The maximum atomic E-state index is 5.49. The molecule has 0 bridgehead atoms. The zero-order valence-corrected chi connectivity index (χ0v) is 18.2. The van der Waals surface area contributed by atoms with Crippen molar-refractivity contribution in [3.63, 3.8) is 0 Å². The zero-order valence-electron chi connectivity index (χ0n) is 18.2. The molecule has 0 fully saturated rings. The summed E-state index contributed by atoms with van der Waals surface area (Å²) in [6.07, 6.45) is 5.41. The van der Waals surface area contributed by atoms with Gasteiger partial charge in [0.05, 0.1) is 26.1 Å². The van der Waals surface area contributed by atoms with Crippen LogP contribution in [0.2, 0.25) is 0 Å². The van der Waals surface area contributed by atoms with E-state index in [1.807, 2.05) is 77.5 Å². The molecule has 33 heavy (non-hydrogen) atoms. The van der Waals surface area contributed by atoms with Crippen molar-refractivity contribution in [2.24, 2.45) is 0 Å². The second-order valence-corrected chi connectivity index (χ2v) is 7.25. The van der Waals surface area contributed by atoms with E-state index < -0.39 is 0 Å². The van der Waals surface area contributed by atoms with Crippen molar-refractivity contribution in [2.75, 3.05) is 24.9 Å². The third-order valence-electron chi connectivity index (χ3n) is 5.16. The first kappa shape index (κ1) is 20.3. The fourth-order valence-electron chi connectivity index (χ4n) is 3.52. The molecule has 0 spiro atoms. The van der Waals surface area contributed by atoms with Crippen LogP contribution in [0.15, 0.2) is 85.5 Å². The van der Waals surface area contributed by atoms with E-state index in [0.29, 0.717) is 23.3 Å². The minimum absolute atomic E-state index is 0.462. The molecule has 5 aromatic rings. The summed E-state index contributed by atoms with van der Waals surface area (Å²) >= 11 is 0. The molecule has 2 heterocycles. The highest BCUT2D eigenvalue weighted by Crippen LogP contribution is 2.35. The Morgan fingerprint density at radius 2 is 1.52 bits per heavy atom. The van der Waals surface area contributed by atoms with Gasteiger partial charge in [0.2, 0.25) is 5.95 Å². The normalized spacial score (nSPS) is 10.7. The van der Waals surface area contributed by atoms with Crippen molar-refractivity contribution >= 4 is 34.0 Å². The summed E-state index contributed by atoms with van der Waals surface area (Å²) in [5, 5.41) is 7.51. The minimum atomic E-state index is 0.462. The highest BCUT2D eigenvalue weighted by Gasteiger charge is 2.14. The summed E-state index contributed by atoms with van der Waals surface area (Å²) < 4.78 is 12.9. The number of hydrogen-bond acceptors (Lipinski definition) is 7. The Morgan fingerprint density at radius 3 is 2.21 bits per heavy atom. The molecule has 0 saturated heterocycles. The average Bonchev–Trinajstić information content (AvgIpc) is 3.39. The number of rotatable bonds is 7. The molecular formula is C25H22N6O2. The lowest BCUT2D eigenvalue weighted by Crippen LogP contribution is -2.03. The van der Waals surface area contributed by atoms with Gasteiger partial charge in [-0.05, 0) is 42.5 Å². The van der Waals surface area contributed by atoms with Gasteiger partial charge < -0.3 is 24.7 Å². The molecule has 8 nitrogen and oxygen atoms in total. The van der Waals surface area contributed by atoms with Crippen LogP contribution in [0.4, 0.5) is 23.1 Å². The third kappa shape index (κ3) is 4.27. The number of benzene rings is 3. The maximum absolute atomic E-state index is 5.49. The largest absolute Gasteiger partial charge is 0.493 e. The number of fused-ring (bicyclic) bond motifs is 1. The standard InChI is InChI=1S/C25H22N6O2/c1-32-22-14-20-21(15-23(22)33-2)29-25(30-24(20)27-17-6-4-3-5-7-17)28-18-8-10-19(11-9-18)31-13-12-26-16-31/h3-16H,1-2H3,(H2,27,28,29,30). The van der Waals surface area contributed by atoms with E-state index in [4.69, 9.17) is 19.4 Å². The van der Waals surface area contributed by atoms with Crippen molar-refractivity contribution in [2.45, 2.75) is 0 Å². The SMILES string of the molecule is COc1cc2nc(Nc3ccc(-n4ccnc4)cc3)nc(Nc3ccccc3)c2cc1OC. The van der Waals surface area contributed by atoms with Crippen molar-refractivity contribution in [3.05, 3.63) is 85.5 Å². The van der Waals surface area contributed by atoms with Crippen molar-refractivity contribution in [3.8, 4) is 17.2 Å². The van der Waals surface area contributed by atoms with Crippen LogP contribution in [0.1, 0.15) is 0 Å². The van der Waals surface area contributed by atoms with Crippen LogP contribution in [0, 0.1) is 0 Å². The van der Waals surface area contributed by atoms with Crippen LogP contribution in [-0.4, -0.2) is 33.7 Å². The Kier molecular flexibility index (Phi) is 5.47. The van der Waals surface area contributed by atoms with Gasteiger partial charge in [-0.2, -0.15) is 4.98 Å². The van der Waals surface area contributed by atoms with E-state index in [0.717, 1.165) is 28.0 Å². The molecule has 0 saturated carbocycles. The smallest absolute Gasteiger partial charge is 0.229 e. The molecule has 3 aromatic carbocycles. The van der Waals surface area contributed by atoms with Gasteiger partial charge in [0, 0.05) is 40.9 Å². The predicted octanol–water partition coefficient (Wildman–Crippen LogP) is 5.32. The molecule has 5 rings (SSSR count). The fourth-order valence-corrected chi connectivity index (χ4v) is 3.52. The second-order valence-electron chi connectivity index (χ2n) is 7.25. The van der Waals surface area contributed by atoms with Crippen molar-refractivity contribution in [1.82, 2.24) is 19.5 Å². The molecule has 0 radical (unpaired) electrons. The first-order chi connectivity index (χ1) is 16.2. The van der Waals surface area contributed by atoms with Gasteiger partial charge in [0.15, 0.2) is 11.5 Å². The van der Waals surface area contributed by atoms with E-state index in [2.05, 4.69) is 15.6 Å². The first-order valence-electron chi connectivity index (χ1n) is 10.3. The number of anilines is 4. The van der Waals surface area contributed by atoms with E-state index in [9.17, 15) is 0 Å². The lowest BCUT2D eigenvalue weighted by Gasteiger charge is -2.14. The van der Waals surface area contributed by atoms with Gasteiger partial charge in [0.25, 0.3) is 0 Å². The van der Waals surface area contributed by atoms with E-state index in [-0.39, 0.29) is 0 Å². The number of hydrogen-bond donors (Lipinski definition) is 2. The summed E-state index contributed by atoms with van der Waals surface area (Å²) in [6.45, 7) is 0. The van der Waals surface area contributed by atoms with Crippen LogP contribution >= 0.6 is 0 Å². The summed E-state index contributed by atoms with van der Waals surface area (Å²) in [5.41, 5.74) is 3.52. The topological polar surface area (TPSA) is 86.1 Å². The lowest BCUT2D eigenvalue weighted by atomic mass is 10.2. The van der Waals surface area contributed by atoms with Gasteiger partial charge >= 0.3 is 0 Å². The Labute approximate surface area is 190 Å². The van der Waals surface area contributed by atoms with Crippen LogP contribution < -0.4 is 20.1 Å². The summed E-state index contributed by atoms with van der Waals surface area (Å²) in [6, 6.07) is 21.5. The molecule has 0 amide bonds. The Bertz CT molecular complexity index is 1370. The molecule has 2 aromatic heterocycles. The summed E-state index contributed by atoms with van der Waals surface area (Å²) in [7, 11) is 3.22. The monoisotopic (exact) mass is 438 g/mol. The second kappa shape index (κ2) is 8.88. The average molecular weight is 438 g/mol.